The van der Waals surface area contributed by atoms with E-state index in [1.807, 2.05) is 24.0 Å². The quantitative estimate of drug-likeness (QED) is 0.151. The Hall–Kier alpha value is -4.90. The normalized spacial score (nSPS) is 18.9. The van der Waals surface area contributed by atoms with Crippen molar-refractivity contribution in [1.29, 1.82) is 0 Å². The SMILES string of the molecule is CC(C)(Oc1cc(C2(C)COC2)ccc1CN1CCN(C(=O)OC(C(F)(F)F)C(F)(F)F)CC1)C(=O)O.CC(C)(Oc1cc(C2(F)COC2)ccc1CN1CCNCC1)C(=O)O.OC(C(F)(F)F)C(F)(F)F. The third-order valence-electron chi connectivity index (χ3n) is 11.7. The number of aliphatic hydroxyl groups is 1. The first-order valence-electron chi connectivity index (χ1n) is 21.9. The van der Waals surface area contributed by atoms with Crippen molar-refractivity contribution in [1.82, 2.24) is 20.0 Å². The number of rotatable bonds is 13. The van der Waals surface area contributed by atoms with E-state index in [2.05, 4.69) is 15.0 Å². The molecule has 1 amide bonds. The van der Waals surface area contributed by atoms with Gasteiger partial charge in [-0.15, -0.1) is 0 Å². The maximum atomic E-state index is 14.7. The molecular formula is C44H55F13N4O11. The molecule has 4 heterocycles. The summed E-state index contributed by atoms with van der Waals surface area (Å²) in [6, 6.07) is 10.6. The third-order valence-corrected chi connectivity index (χ3v) is 11.7. The van der Waals surface area contributed by atoms with Gasteiger partial charge in [-0.05, 0) is 51.0 Å². The van der Waals surface area contributed by atoms with Crippen molar-refractivity contribution < 1.29 is 110 Å². The second-order valence-electron chi connectivity index (χ2n) is 18.6. The summed E-state index contributed by atoms with van der Waals surface area (Å²) >= 11 is 0. The molecule has 4 aliphatic rings. The van der Waals surface area contributed by atoms with Crippen molar-refractivity contribution in [3.05, 3.63) is 58.7 Å². The van der Waals surface area contributed by atoms with Crippen LogP contribution in [0.5, 0.6) is 11.5 Å². The van der Waals surface area contributed by atoms with Crippen LogP contribution in [0.25, 0.3) is 0 Å². The van der Waals surface area contributed by atoms with Gasteiger partial charge in [0, 0.05) is 82.0 Å². The number of aliphatic carboxylic acids is 2. The van der Waals surface area contributed by atoms with Crippen LogP contribution in [-0.4, -0.2) is 175 Å². The maximum Gasteiger partial charge on any atom is 0.434 e. The zero-order chi connectivity index (χ0) is 54.5. The van der Waals surface area contributed by atoms with Gasteiger partial charge >= 0.3 is 42.7 Å². The fourth-order valence-corrected chi connectivity index (χ4v) is 6.99. The highest BCUT2D eigenvalue weighted by atomic mass is 19.4. The van der Waals surface area contributed by atoms with Crippen molar-refractivity contribution in [2.24, 2.45) is 0 Å². The molecule has 6 rings (SSSR count). The number of nitrogens with zero attached hydrogens (tertiary/aromatic N) is 3. The number of carbonyl (C=O) groups excluding carboxylic acids is 1. The van der Waals surface area contributed by atoms with Crippen LogP contribution in [-0.2, 0) is 48.0 Å². The molecule has 2 aromatic carbocycles. The highest BCUT2D eigenvalue weighted by molar-refractivity contribution is 5.77. The molecule has 0 radical (unpaired) electrons. The lowest BCUT2D eigenvalue weighted by molar-refractivity contribution is -0.309. The molecule has 0 spiro atoms. The Morgan fingerprint density at radius 2 is 1.04 bits per heavy atom. The fourth-order valence-electron chi connectivity index (χ4n) is 6.99. The Labute approximate surface area is 404 Å². The number of carbonyl (C=O) groups is 3. The van der Waals surface area contributed by atoms with Gasteiger partial charge in [0.2, 0.25) is 6.10 Å². The first-order chi connectivity index (χ1) is 32.9. The molecule has 408 valence electrons. The number of amides is 1. The molecule has 0 bridgehead atoms. The van der Waals surface area contributed by atoms with Gasteiger partial charge in [0.15, 0.2) is 16.9 Å². The van der Waals surface area contributed by atoms with E-state index >= 15 is 0 Å². The summed E-state index contributed by atoms with van der Waals surface area (Å²) in [6.45, 7) is 13.3. The molecule has 0 unspecified atom stereocenters. The minimum atomic E-state index is -5.79. The molecule has 28 heteroatoms. The van der Waals surface area contributed by atoms with Gasteiger partial charge in [0.05, 0.1) is 26.4 Å². The topological polar surface area (TPSA) is 180 Å². The van der Waals surface area contributed by atoms with Crippen molar-refractivity contribution in [2.45, 2.75) is 107 Å². The number of benzene rings is 2. The maximum absolute atomic E-state index is 14.7. The van der Waals surface area contributed by atoms with Crippen molar-refractivity contribution in [3.63, 3.8) is 0 Å². The molecule has 0 saturated carbocycles. The number of piperazine rings is 2. The number of halogens is 13. The Kier molecular flexibility index (Phi) is 18.8. The van der Waals surface area contributed by atoms with Crippen LogP contribution in [0.1, 0.15) is 56.9 Å². The van der Waals surface area contributed by atoms with Crippen LogP contribution in [0.2, 0.25) is 0 Å². The number of aliphatic hydroxyl groups excluding tert-OH is 1. The lowest BCUT2D eigenvalue weighted by atomic mass is 9.80. The minimum Gasteiger partial charge on any atom is -0.478 e. The Balaban J connectivity index is 0.000000275. The third kappa shape index (κ3) is 16.0. The summed E-state index contributed by atoms with van der Waals surface area (Å²) in [4.78, 5) is 39.9. The van der Waals surface area contributed by atoms with Crippen molar-refractivity contribution in [3.8, 4) is 11.5 Å². The summed E-state index contributed by atoms with van der Waals surface area (Å²) < 4.78 is 182. The molecule has 2 aromatic rings. The van der Waals surface area contributed by atoms with Crippen LogP contribution in [0.4, 0.5) is 61.9 Å². The van der Waals surface area contributed by atoms with Gasteiger partial charge in [-0.25, -0.2) is 18.8 Å². The molecule has 15 nitrogen and oxygen atoms in total. The standard InChI is InChI=1S/C23H28F6N2O6.C18H25FN2O4.C3H2F6O/c1-20(2,18(32)33)37-16-10-15(21(3)12-35-13-21)5-4-14(16)11-30-6-8-31(9-7-30)19(34)36-17(22(24,25)26)23(27,28)29;1-17(2,16(22)23)25-15-9-14(18(19)11-24-12-18)4-3-13(15)10-21-7-5-20-6-8-21;4-2(5,6)1(10)3(7,8)9/h4-5,10,17H,6-9,11-13H2,1-3H3,(H,32,33);3-4,9,20H,5-8,10-12H2,1-2H3,(H,22,23);1,10H. The van der Waals surface area contributed by atoms with Crippen molar-refractivity contribution >= 4 is 18.0 Å². The van der Waals surface area contributed by atoms with E-state index < -0.39 is 71.8 Å². The second kappa shape index (κ2) is 22.7. The highest BCUT2D eigenvalue weighted by Gasteiger charge is 2.60. The lowest BCUT2D eigenvalue weighted by Crippen LogP contribution is -2.52. The van der Waals surface area contributed by atoms with Gasteiger partial charge in [-0.2, -0.15) is 52.7 Å². The summed E-state index contributed by atoms with van der Waals surface area (Å²) in [5, 5.41) is 29.6. The summed E-state index contributed by atoms with van der Waals surface area (Å²) in [7, 11) is 0. The van der Waals surface area contributed by atoms with E-state index in [0.29, 0.717) is 42.4 Å². The number of carboxylic acid groups (broad SMARTS) is 2. The average molecular weight is 1060 g/mol. The molecule has 4 aliphatic heterocycles. The number of alkyl halides is 13. The predicted octanol–water partition coefficient (Wildman–Crippen LogP) is 6.96. The van der Waals surface area contributed by atoms with E-state index in [9.17, 15) is 81.7 Å². The van der Waals surface area contributed by atoms with E-state index in [0.717, 1.165) is 42.2 Å². The number of nitrogens with one attached hydrogen (secondary N) is 1. The van der Waals surface area contributed by atoms with Crippen LogP contribution in [0, 0.1) is 0 Å². The van der Waals surface area contributed by atoms with Crippen molar-refractivity contribution in [2.75, 3.05) is 78.8 Å². The number of hydrogen-bond donors (Lipinski definition) is 4. The first-order valence-corrected chi connectivity index (χ1v) is 21.9. The summed E-state index contributed by atoms with van der Waals surface area (Å²) in [6.07, 6.45) is -33.0. The van der Waals surface area contributed by atoms with Gasteiger partial charge in [-0.3, -0.25) is 9.80 Å². The number of ether oxygens (including phenoxy) is 5. The smallest absolute Gasteiger partial charge is 0.434 e. The minimum absolute atomic E-state index is 0.0197. The second-order valence-corrected chi connectivity index (χ2v) is 18.6. The summed E-state index contributed by atoms with van der Waals surface area (Å²) in [5.41, 5.74) is -1.83. The highest BCUT2D eigenvalue weighted by Crippen LogP contribution is 2.40. The average Bonchev–Trinajstić information content (AvgIpc) is 3.24. The van der Waals surface area contributed by atoms with E-state index in [1.54, 1.807) is 24.3 Å². The zero-order valence-corrected chi connectivity index (χ0v) is 39.4. The number of carboxylic acids is 2. The van der Waals surface area contributed by atoms with Crippen LogP contribution >= 0.6 is 0 Å². The molecule has 0 aliphatic carbocycles. The molecule has 4 fully saturated rings. The molecular weight excluding hydrogens is 1010 g/mol. The van der Waals surface area contributed by atoms with Crippen LogP contribution < -0.4 is 14.8 Å². The van der Waals surface area contributed by atoms with E-state index in [-0.39, 0.29) is 51.4 Å². The number of hydrogen-bond acceptors (Lipinski definition) is 12. The monoisotopic (exact) mass is 1060 g/mol. The van der Waals surface area contributed by atoms with Gasteiger partial charge in [-0.1, -0.05) is 31.2 Å². The predicted molar refractivity (Wildman–Crippen MR) is 225 cm³/mol. The molecule has 0 aromatic heterocycles. The zero-order valence-electron chi connectivity index (χ0n) is 39.4. The van der Waals surface area contributed by atoms with Gasteiger partial charge in [0.1, 0.15) is 11.5 Å². The lowest BCUT2D eigenvalue weighted by Gasteiger charge is -2.39. The Morgan fingerprint density at radius 3 is 1.39 bits per heavy atom. The molecule has 72 heavy (non-hydrogen) atoms. The van der Waals surface area contributed by atoms with Gasteiger partial charge < -0.3 is 49.2 Å². The fraction of sp³-hybridized carbons (Fsp3) is 0.659. The summed E-state index contributed by atoms with van der Waals surface area (Å²) in [5.74, 6) is -1.48. The Bertz CT molecular complexity index is 2140. The van der Waals surface area contributed by atoms with Crippen LogP contribution in [0.15, 0.2) is 36.4 Å². The molecule has 4 saturated heterocycles. The van der Waals surface area contributed by atoms with E-state index in [1.165, 1.54) is 27.7 Å². The van der Waals surface area contributed by atoms with E-state index in [4.69, 9.17) is 24.1 Å². The first kappa shape index (κ1) is 59.7. The largest absolute Gasteiger partial charge is 0.478 e. The Morgan fingerprint density at radius 1 is 0.639 bits per heavy atom. The van der Waals surface area contributed by atoms with Crippen LogP contribution in [0.3, 0.4) is 0 Å². The molecule has 4 N–H and O–H groups in total. The van der Waals surface area contributed by atoms with Gasteiger partial charge in [0.25, 0.3) is 6.10 Å². The molecule has 0 atom stereocenters.